The van der Waals surface area contributed by atoms with Crippen molar-refractivity contribution in [1.29, 1.82) is 0 Å². The van der Waals surface area contributed by atoms with E-state index < -0.39 is 15.9 Å². The Bertz CT molecular complexity index is 934. The van der Waals surface area contributed by atoms with Gasteiger partial charge in [0.05, 0.1) is 22.2 Å². The first-order valence-electron chi connectivity index (χ1n) is 7.71. The number of halogens is 1. The Morgan fingerprint density at radius 3 is 2.76 bits per heavy atom. The van der Waals surface area contributed by atoms with Crippen molar-refractivity contribution in [3.8, 4) is 0 Å². The van der Waals surface area contributed by atoms with Crippen LogP contribution < -0.4 is 9.62 Å². The minimum atomic E-state index is -3.29. The lowest BCUT2D eigenvalue weighted by molar-refractivity contribution is -0.111. The first-order chi connectivity index (χ1) is 11.8. The van der Waals surface area contributed by atoms with Gasteiger partial charge in [-0.05, 0) is 49.8 Å². The number of benzene rings is 1. The van der Waals surface area contributed by atoms with Gasteiger partial charge >= 0.3 is 0 Å². The molecule has 0 saturated carbocycles. The second-order valence-corrected chi connectivity index (χ2v) is 8.10. The third-order valence-corrected chi connectivity index (χ3v) is 5.95. The lowest BCUT2D eigenvalue weighted by atomic mass is 10.2. The predicted molar refractivity (Wildman–Crippen MR) is 98.3 cm³/mol. The summed E-state index contributed by atoms with van der Waals surface area (Å²) in [6.45, 7) is 2.24. The molecule has 1 aliphatic heterocycles. The second-order valence-electron chi connectivity index (χ2n) is 5.68. The number of hydrogen-bond acceptors (Lipinski definition) is 4. The highest BCUT2D eigenvalue weighted by Crippen LogP contribution is 2.31. The van der Waals surface area contributed by atoms with E-state index in [1.165, 1.54) is 10.4 Å². The molecule has 2 heterocycles. The number of carbonyl (C=O) groups excluding carboxylic acids is 1. The van der Waals surface area contributed by atoms with Crippen molar-refractivity contribution < 1.29 is 17.6 Å². The zero-order valence-electron chi connectivity index (χ0n) is 13.5. The van der Waals surface area contributed by atoms with Crippen LogP contribution in [0.25, 0.3) is 6.08 Å². The van der Waals surface area contributed by atoms with E-state index >= 15 is 0 Å². The topological polar surface area (TPSA) is 79.6 Å². The zero-order valence-corrected chi connectivity index (χ0v) is 15.1. The number of carbonyl (C=O) groups is 1. The van der Waals surface area contributed by atoms with Crippen LogP contribution in [0.5, 0.6) is 0 Å². The van der Waals surface area contributed by atoms with Crippen molar-refractivity contribution >= 4 is 45.0 Å². The molecule has 25 heavy (non-hydrogen) atoms. The SMILES string of the molecule is Cc1ccc(/C=C/C(=O)Nc2cc(N3CCCS3(=O)=O)ccc2Cl)o1. The lowest BCUT2D eigenvalue weighted by Crippen LogP contribution is -2.25. The van der Waals surface area contributed by atoms with Gasteiger partial charge in [-0.3, -0.25) is 9.10 Å². The van der Waals surface area contributed by atoms with E-state index in [9.17, 15) is 13.2 Å². The minimum absolute atomic E-state index is 0.128. The van der Waals surface area contributed by atoms with Gasteiger partial charge in [0.2, 0.25) is 15.9 Å². The number of amides is 1. The zero-order chi connectivity index (χ0) is 18.0. The van der Waals surface area contributed by atoms with Gasteiger partial charge in [-0.1, -0.05) is 11.6 Å². The summed E-state index contributed by atoms with van der Waals surface area (Å²) in [5, 5.41) is 2.99. The molecule has 1 aliphatic rings. The van der Waals surface area contributed by atoms with Gasteiger partial charge in [0.1, 0.15) is 11.5 Å². The highest BCUT2D eigenvalue weighted by atomic mass is 35.5. The van der Waals surface area contributed by atoms with E-state index in [1.807, 2.05) is 6.92 Å². The Kier molecular flexibility index (Phi) is 4.87. The van der Waals surface area contributed by atoms with Crippen LogP contribution in [0.4, 0.5) is 11.4 Å². The molecule has 8 heteroatoms. The van der Waals surface area contributed by atoms with Crippen LogP contribution in [0.15, 0.2) is 40.8 Å². The van der Waals surface area contributed by atoms with Gasteiger partial charge in [0, 0.05) is 12.6 Å². The molecule has 0 spiro atoms. The maximum Gasteiger partial charge on any atom is 0.248 e. The molecule has 0 bridgehead atoms. The predicted octanol–water partition coefficient (Wildman–Crippen LogP) is 3.43. The van der Waals surface area contributed by atoms with Gasteiger partial charge in [-0.2, -0.15) is 0 Å². The van der Waals surface area contributed by atoms with E-state index in [2.05, 4.69) is 5.32 Å². The first-order valence-corrected chi connectivity index (χ1v) is 9.69. The van der Waals surface area contributed by atoms with Crippen molar-refractivity contribution in [2.24, 2.45) is 0 Å². The molecular formula is C17H17ClN2O4S. The molecule has 0 radical (unpaired) electrons. The van der Waals surface area contributed by atoms with Crippen LogP contribution >= 0.6 is 11.6 Å². The van der Waals surface area contributed by atoms with Crippen molar-refractivity contribution in [3.05, 3.63) is 53.0 Å². The smallest absolute Gasteiger partial charge is 0.248 e. The third-order valence-electron chi connectivity index (χ3n) is 3.76. The fourth-order valence-corrected chi connectivity index (χ4v) is 4.29. The van der Waals surface area contributed by atoms with Crippen LogP contribution in [-0.4, -0.2) is 26.6 Å². The molecule has 6 nitrogen and oxygen atoms in total. The second kappa shape index (κ2) is 6.93. The number of sulfonamides is 1. The van der Waals surface area contributed by atoms with E-state index in [4.69, 9.17) is 16.0 Å². The summed E-state index contributed by atoms with van der Waals surface area (Å²) < 4.78 is 30.7. The monoisotopic (exact) mass is 380 g/mol. The summed E-state index contributed by atoms with van der Waals surface area (Å²) in [6, 6.07) is 8.32. The van der Waals surface area contributed by atoms with Gasteiger partial charge in [-0.25, -0.2) is 8.42 Å². The van der Waals surface area contributed by atoms with Gasteiger partial charge < -0.3 is 9.73 Å². The van der Waals surface area contributed by atoms with Crippen molar-refractivity contribution in [3.63, 3.8) is 0 Å². The summed E-state index contributed by atoms with van der Waals surface area (Å²) in [5.74, 6) is 1.05. The molecule has 132 valence electrons. The number of rotatable bonds is 4. The summed E-state index contributed by atoms with van der Waals surface area (Å²) in [5.41, 5.74) is 0.842. The van der Waals surface area contributed by atoms with Crippen molar-refractivity contribution in [2.45, 2.75) is 13.3 Å². The van der Waals surface area contributed by atoms with Gasteiger partial charge in [-0.15, -0.1) is 0 Å². The van der Waals surface area contributed by atoms with E-state index in [0.717, 1.165) is 5.76 Å². The maximum atomic E-state index is 12.1. The first kappa shape index (κ1) is 17.6. The number of anilines is 2. The average Bonchev–Trinajstić information content (AvgIpc) is 3.12. The molecule has 1 N–H and O–H groups in total. The molecule has 1 aromatic carbocycles. The highest BCUT2D eigenvalue weighted by molar-refractivity contribution is 7.93. The molecule has 1 amide bonds. The summed E-state index contributed by atoms with van der Waals surface area (Å²) >= 11 is 6.11. The van der Waals surface area contributed by atoms with Crippen LogP contribution in [0.1, 0.15) is 17.9 Å². The molecule has 1 saturated heterocycles. The third kappa shape index (κ3) is 4.05. The molecule has 1 aromatic heterocycles. The average molecular weight is 381 g/mol. The Morgan fingerprint density at radius 2 is 2.12 bits per heavy atom. The fraction of sp³-hybridized carbons (Fsp3) is 0.235. The minimum Gasteiger partial charge on any atom is -0.462 e. The number of hydrogen-bond donors (Lipinski definition) is 1. The van der Waals surface area contributed by atoms with Crippen molar-refractivity contribution in [1.82, 2.24) is 0 Å². The highest BCUT2D eigenvalue weighted by Gasteiger charge is 2.28. The van der Waals surface area contributed by atoms with Crippen LogP contribution in [0.2, 0.25) is 5.02 Å². The van der Waals surface area contributed by atoms with Gasteiger partial charge in [0.25, 0.3) is 0 Å². The van der Waals surface area contributed by atoms with Crippen molar-refractivity contribution in [2.75, 3.05) is 21.9 Å². The van der Waals surface area contributed by atoms with Crippen LogP contribution in [0.3, 0.4) is 0 Å². The number of aryl methyl sites for hydroxylation is 1. The molecule has 0 atom stereocenters. The maximum absolute atomic E-state index is 12.1. The lowest BCUT2D eigenvalue weighted by Gasteiger charge is -2.18. The standard InChI is InChI=1S/C17H17ClN2O4S/c1-12-3-5-14(24-12)6-8-17(21)19-16-11-13(4-7-15(16)18)20-9-2-10-25(20,22)23/h3-8,11H,2,9-10H2,1H3,(H,19,21)/b8-6+. The van der Waals surface area contributed by atoms with E-state index in [0.29, 0.717) is 35.1 Å². The van der Waals surface area contributed by atoms with E-state index in [-0.39, 0.29) is 5.75 Å². The number of nitrogens with one attached hydrogen (secondary N) is 1. The molecule has 2 aromatic rings. The number of nitrogens with zero attached hydrogens (tertiary/aromatic N) is 1. The molecular weight excluding hydrogens is 364 g/mol. The largest absolute Gasteiger partial charge is 0.462 e. The summed E-state index contributed by atoms with van der Waals surface area (Å²) in [7, 11) is -3.29. The summed E-state index contributed by atoms with van der Waals surface area (Å²) in [6.07, 6.45) is 3.46. The quantitative estimate of drug-likeness (QED) is 0.824. The fourth-order valence-electron chi connectivity index (χ4n) is 2.57. The Balaban J connectivity index is 1.77. The Morgan fingerprint density at radius 1 is 1.32 bits per heavy atom. The van der Waals surface area contributed by atoms with Crippen LogP contribution in [0, 0.1) is 6.92 Å². The van der Waals surface area contributed by atoms with Crippen LogP contribution in [-0.2, 0) is 14.8 Å². The molecule has 0 unspecified atom stereocenters. The molecule has 0 aliphatic carbocycles. The normalized spacial score (nSPS) is 16.5. The Hall–Kier alpha value is -2.25. The Labute approximate surface area is 151 Å². The van der Waals surface area contributed by atoms with E-state index in [1.54, 1.807) is 36.4 Å². The molecule has 1 fully saturated rings. The summed E-state index contributed by atoms with van der Waals surface area (Å²) in [4.78, 5) is 12.1. The molecule has 3 rings (SSSR count). The number of furan rings is 1. The van der Waals surface area contributed by atoms with Gasteiger partial charge in [0.15, 0.2) is 0 Å².